The molecule has 0 fully saturated rings. The Balaban J connectivity index is 3.53. The van der Waals surface area contributed by atoms with Crippen molar-refractivity contribution in [3.8, 4) is 0 Å². The van der Waals surface area contributed by atoms with Crippen LogP contribution in [0.5, 0.6) is 0 Å². The van der Waals surface area contributed by atoms with Gasteiger partial charge in [0.25, 0.3) is 0 Å². The smallest absolute Gasteiger partial charge is 0.226 e. The molecule has 0 radical (unpaired) electrons. The van der Waals surface area contributed by atoms with Crippen molar-refractivity contribution in [3.05, 3.63) is 126 Å². The quantitative estimate of drug-likeness (QED) is 0.215. The first-order chi connectivity index (χ1) is 19.0. The maximum atomic E-state index is 13.4. The van der Waals surface area contributed by atoms with Crippen molar-refractivity contribution in [2.45, 2.75) is 87.6 Å². The number of amides is 1. The van der Waals surface area contributed by atoms with Gasteiger partial charge in [0, 0.05) is 11.0 Å². The van der Waals surface area contributed by atoms with Crippen LogP contribution in [0.25, 0.3) is 6.08 Å². The molecule has 1 rings (SSSR count). The van der Waals surface area contributed by atoms with Crippen molar-refractivity contribution >= 4 is 12.0 Å². The number of carbonyl (C=O) groups excluding carboxylic acids is 1. The maximum absolute atomic E-state index is 13.4. The molecule has 0 heterocycles. The number of aryl methyl sites for hydroxylation is 1. The van der Waals surface area contributed by atoms with E-state index in [4.69, 9.17) is 0 Å². The van der Waals surface area contributed by atoms with Gasteiger partial charge >= 0.3 is 0 Å². The van der Waals surface area contributed by atoms with Crippen molar-refractivity contribution in [3.63, 3.8) is 0 Å². The Hall–Kier alpha value is -3.39. The predicted octanol–water partition coefficient (Wildman–Crippen LogP) is 10.7. The molecule has 0 spiro atoms. The number of allylic oxidation sites excluding steroid dienone is 12. The second kappa shape index (κ2) is 15.6. The molecule has 41 heavy (non-hydrogen) atoms. The Morgan fingerprint density at radius 2 is 1.39 bits per heavy atom. The van der Waals surface area contributed by atoms with E-state index in [9.17, 15) is 4.79 Å². The molecule has 0 bridgehead atoms. The Morgan fingerprint density at radius 3 is 1.88 bits per heavy atom. The highest BCUT2D eigenvalue weighted by Crippen LogP contribution is 2.43. The van der Waals surface area contributed by atoms with Gasteiger partial charge in [-0.3, -0.25) is 4.79 Å². The lowest BCUT2D eigenvalue weighted by Crippen LogP contribution is -2.51. The summed E-state index contributed by atoms with van der Waals surface area (Å²) in [5.74, 6) is 0.535. The van der Waals surface area contributed by atoms with Gasteiger partial charge in [-0.25, -0.2) is 0 Å². The minimum absolute atomic E-state index is 0.0906. The van der Waals surface area contributed by atoms with Crippen LogP contribution in [0, 0.1) is 23.7 Å². The Morgan fingerprint density at radius 1 is 0.854 bits per heavy atom. The summed E-state index contributed by atoms with van der Waals surface area (Å²) in [4.78, 5) is 13.4. The van der Waals surface area contributed by atoms with Crippen LogP contribution in [0.3, 0.4) is 0 Å². The van der Waals surface area contributed by atoms with E-state index in [1.165, 1.54) is 5.56 Å². The van der Waals surface area contributed by atoms with E-state index in [0.717, 1.165) is 40.7 Å². The second-order valence-electron chi connectivity index (χ2n) is 13.3. The van der Waals surface area contributed by atoms with Crippen LogP contribution < -0.4 is 5.32 Å². The maximum Gasteiger partial charge on any atom is 0.226 e. The van der Waals surface area contributed by atoms with Crippen molar-refractivity contribution in [2.75, 3.05) is 0 Å². The molecule has 1 N–H and O–H groups in total. The highest BCUT2D eigenvalue weighted by Gasteiger charge is 2.37. The van der Waals surface area contributed by atoms with Gasteiger partial charge in [-0.1, -0.05) is 146 Å². The number of carbonyl (C=O) groups is 1. The highest BCUT2D eigenvalue weighted by molar-refractivity contribution is 5.82. The normalized spacial score (nSPS) is 14.4. The Bertz CT molecular complexity index is 1220. The molecule has 1 aromatic carbocycles. The number of benzene rings is 1. The fourth-order valence-corrected chi connectivity index (χ4v) is 5.74. The molecule has 0 aliphatic rings. The topological polar surface area (TPSA) is 29.1 Å². The van der Waals surface area contributed by atoms with Gasteiger partial charge in [-0.05, 0) is 79.7 Å². The van der Waals surface area contributed by atoms with Crippen LogP contribution in [0.2, 0.25) is 0 Å². The number of hydrogen-bond donors (Lipinski definition) is 1. The lowest BCUT2D eigenvalue weighted by atomic mass is 9.69. The van der Waals surface area contributed by atoms with Gasteiger partial charge in [0.2, 0.25) is 5.91 Å². The molecule has 1 aromatic rings. The van der Waals surface area contributed by atoms with Crippen LogP contribution in [0.15, 0.2) is 115 Å². The average molecular weight is 554 g/mol. The van der Waals surface area contributed by atoms with Crippen LogP contribution in [-0.4, -0.2) is 11.4 Å². The molecule has 0 aromatic heterocycles. The zero-order valence-electron chi connectivity index (χ0n) is 27.5. The largest absolute Gasteiger partial charge is 0.351 e. The fourth-order valence-electron chi connectivity index (χ4n) is 5.74. The average Bonchev–Trinajstić information content (AvgIpc) is 2.85. The third kappa shape index (κ3) is 11.2. The molecule has 222 valence electrons. The summed E-state index contributed by atoms with van der Waals surface area (Å²) in [6.45, 7) is 33.3. The summed E-state index contributed by atoms with van der Waals surface area (Å²) in [6.07, 6.45) is 19.7. The van der Waals surface area contributed by atoms with Crippen molar-refractivity contribution < 1.29 is 4.79 Å². The van der Waals surface area contributed by atoms with Crippen LogP contribution >= 0.6 is 0 Å². The van der Waals surface area contributed by atoms with Crippen molar-refractivity contribution in [1.82, 2.24) is 5.32 Å². The van der Waals surface area contributed by atoms with Crippen molar-refractivity contribution in [1.29, 1.82) is 0 Å². The van der Waals surface area contributed by atoms with E-state index in [2.05, 4.69) is 141 Å². The molecule has 2 nitrogen and oxygen atoms in total. The van der Waals surface area contributed by atoms with Gasteiger partial charge in [0.1, 0.15) is 0 Å². The molecule has 0 aliphatic carbocycles. The monoisotopic (exact) mass is 553 g/mol. The highest BCUT2D eigenvalue weighted by atomic mass is 16.2. The minimum Gasteiger partial charge on any atom is -0.351 e. The second-order valence-corrected chi connectivity index (χ2v) is 13.3. The first-order valence-corrected chi connectivity index (χ1v) is 14.8. The zero-order chi connectivity index (χ0) is 31.4. The lowest BCUT2D eigenvalue weighted by molar-refractivity contribution is -0.132. The minimum atomic E-state index is -0.439. The van der Waals surface area contributed by atoms with Crippen LogP contribution in [-0.2, 0) is 4.79 Å². The zero-order valence-corrected chi connectivity index (χ0v) is 27.5. The summed E-state index contributed by atoms with van der Waals surface area (Å²) in [5, 5.41) is 3.37. The molecule has 2 heteroatoms. The van der Waals surface area contributed by atoms with Gasteiger partial charge < -0.3 is 5.32 Å². The van der Waals surface area contributed by atoms with Crippen LogP contribution in [0.4, 0.5) is 0 Å². The van der Waals surface area contributed by atoms with Gasteiger partial charge in [-0.15, -0.1) is 0 Å². The van der Waals surface area contributed by atoms with E-state index in [-0.39, 0.29) is 11.3 Å². The lowest BCUT2D eigenvalue weighted by Gasteiger charge is -2.40. The Labute approximate surface area is 252 Å². The molecule has 1 amide bonds. The van der Waals surface area contributed by atoms with Gasteiger partial charge in [0.15, 0.2) is 0 Å². The van der Waals surface area contributed by atoms with Gasteiger partial charge in [0.05, 0.1) is 0 Å². The Kier molecular flexibility index (Phi) is 13.5. The van der Waals surface area contributed by atoms with E-state index >= 15 is 0 Å². The predicted molar refractivity (Wildman–Crippen MR) is 183 cm³/mol. The number of rotatable bonds is 15. The molecule has 0 atom stereocenters. The van der Waals surface area contributed by atoms with E-state index in [1.54, 1.807) is 0 Å². The SMILES string of the molecule is C=C\C=C(C(=C\C=C)/C(=C/C=C)C(=C\C)/C=C/c1ccc(C)cc1)\C(C)(C)CC(C)(C)NC(=O)C(C)(C)CC(C)C. The summed E-state index contributed by atoms with van der Waals surface area (Å²) in [6, 6.07) is 8.50. The molecular formula is C39H55NO. The third-order valence-electron chi connectivity index (χ3n) is 7.19. The van der Waals surface area contributed by atoms with Crippen LogP contribution in [0.1, 0.15) is 86.3 Å². The summed E-state index contributed by atoms with van der Waals surface area (Å²) < 4.78 is 0. The molecule has 0 unspecified atom stereocenters. The number of nitrogens with one attached hydrogen (secondary N) is 1. The van der Waals surface area contributed by atoms with E-state index in [1.807, 2.05) is 32.1 Å². The number of hydrogen-bond acceptors (Lipinski definition) is 1. The summed E-state index contributed by atoms with van der Waals surface area (Å²) >= 11 is 0. The van der Waals surface area contributed by atoms with Crippen molar-refractivity contribution in [2.24, 2.45) is 16.7 Å². The molecule has 0 saturated carbocycles. The van der Waals surface area contributed by atoms with E-state index in [0.29, 0.717) is 5.92 Å². The molecule has 0 saturated heterocycles. The van der Waals surface area contributed by atoms with E-state index < -0.39 is 11.0 Å². The summed E-state index contributed by atoms with van der Waals surface area (Å²) in [7, 11) is 0. The fraction of sp³-hybridized carbons (Fsp3) is 0.410. The standard InChI is InChI=1S/C39H55NO/c1-14-18-33(32(17-4)26-25-31-23-21-30(7)22-24-31)34(19-15-2)35(20-16-3)38(10,11)28-39(12,13)40-36(41)37(8,9)27-29(5)6/h14-26,29H,1-3,27-28H2,4-13H3,(H,40,41)/b26-25+,32-17-,33-18+,34-19-,35-20+. The third-order valence-corrected chi connectivity index (χ3v) is 7.19. The summed E-state index contributed by atoms with van der Waals surface area (Å²) in [5.41, 5.74) is 5.48. The molecule has 0 aliphatic heterocycles. The van der Waals surface area contributed by atoms with Gasteiger partial charge in [-0.2, -0.15) is 0 Å². The first kappa shape index (κ1) is 35.6. The molecular weight excluding hydrogens is 498 g/mol. The first-order valence-electron chi connectivity index (χ1n) is 14.8.